The standard InChI is InChI=1S/C16H22N4/c1-11(2)10-17-15-9-16(19-13(4)18-15)20-14-8-6-5-7-12(14)3/h5-9,11H,10H2,1-4H3,(H2,17,18,19,20). The SMILES string of the molecule is Cc1nc(NCC(C)C)cc(Nc2ccccc2C)n1. The summed E-state index contributed by atoms with van der Waals surface area (Å²) in [4.78, 5) is 8.84. The molecule has 0 atom stereocenters. The first-order valence-electron chi connectivity index (χ1n) is 6.97. The summed E-state index contributed by atoms with van der Waals surface area (Å²) in [6.45, 7) is 9.24. The van der Waals surface area contributed by atoms with E-state index in [1.807, 2.05) is 31.2 Å². The van der Waals surface area contributed by atoms with Crippen LogP contribution in [-0.2, 0) is 0 Å². The van der Waals surface area contributed by atoms with Crippen LogP contribution in [0, 0.1) is 19.8 Å². The molecule has 0 spiro atoms. The zero-order valence-corrected chi connectivity index (χ0v) is 12.6. The van der Waals surface area contributed by atoms with E-state index in [2.05, 4.69) is 47.4 Å². The van der Waals surface area contributed by atoms with Crippen LogP contribution >= 0.6 is 0 Å². The third-order valence-corrected chi connectivity index (χ3v) is 2.94. The first-order chi connectivity index (χ1) is 9.54. The predicted octanol–water partition coefficient (Wildman–Crippen LogP) is 3.90. The monoisotopic (exact) mass is 270 g/mol. The molecule has 0 aliphatic heterocycles. The lowest BCUT2D eigenvalue weighted by Gasteiger charge is -2.12. The minimum Gasteiger partial charge on any atom is -0.370 e. The van der Waals surface area contributed by atoms with Crippen LogP contribution in [0.15, 0.2) is 30.3 Å². The maximum atomic E-state index is 4.44. The number of nitrogens with one attached hydrogen (secondary N) is 2. The van der Waals surface area contributed by atoms with Gasteiger partial charge in [-0.25, -0.2) is 9.97 Å². The molecule has 1 aromatic carbocycles. The fourth-order valence-electron chi connectivity index (χ4n) is 1.88. The van der Waals surface area contributed by atoms with E-state index in [4.69, 9.17) is 0 Å². The van der Waals surface area contributed by atoms with Crippen LogP contribution < -0.4 is 10.6 Å². The molecule has 106 valence electrons. The molecule has 2 N–H and O–H groups in total. The molecule has 0 fully saturated rings. The molecule has 0 amide bonds. The number of anilines is 3. The van der Waals surface area contributed by atoms with Gasteiger partial charge in [0.2, 0.25) is 0 Å². The first-order valence-corrected chi connectivity index (χ1v) is 6.97. The normalized spacial score (nSPS) is 10.7. The first kappa shape index (κ1) is 14.3. The van der Waals surface area contributed by atoms with E-state index in [0.29, 0.717) is 5.92 Å². The Morgan fingerprint density at radius 1 is 1.05 bits per heavy atom. The lowest BCUT2D eigenvalue weighted by atomic mass is 10.2. The van der Waals surface area contributed by atoms with Crippen molar-refractivity contribution in [3.63, 3.8) is 0 Å². The molecule has 2 aromatic rings. The fraction of sp³-hybridized carbons (Fsp3) is 0.375. The van der Waals surface area contributed by atoms with Crippen LogP contribution in [0.5, 0.6) is 0 Å². The van der Waals surface area contributed by atoms with Gasteiger partial charge in [0.05, 0.1) is 0 Å². The average molecular weight is 270 g/mol. The van der Waals surface area contributed by atoms with Crippen molar-refractivity contribution in [3.8, 4) is 0 Å². The Hall–Kier alpha value is -2.10. The molecule has 1 heterocycles. The van der Waals surface area contributed by atoms with Crippen molar-refractivity contribution >= 4 is 17.3 Å². The highest BCUT2D eigenvalue weighted by molar-refractivity contribution is 5.62. The van der Waals surface area contributed by atoms with Crippen molar-refractivity contribution in [1.29, 1.82) is 0 Å². The van der Waals surface area contributed by atoms with Crippen LogP contribution in [0.4, 0.5) is 17.3 Å². The number of nitrogens with zero attached hydrogens (tertiary/aromatic N) is 2. The lowest BCUT2D eigenvalue weighted by Crippen LogP contribution is -2.10. The zero-order valence-electron chi connectivity index (χ0n) is 12.6. The lowest BCUT2D eigenvalue weighted by molar-refractivity contribution is 0.686. The van der Waals surface area contributed by atoms with E-state index in [1.54, 1.807) is 0 Å². The second-order valence-electron chi connectivity index (χ2n) is 5.40. The van der Waals surface area contributed by atoms with Gasteiger partial charge in [-0.05, 0) is 31.4 Å². The van der Waals surface area contributed by atoms with Crippen molar-refractivity contribution in [1.82, 2.24) is 9.97 Å². The molecule has 4 nitrogen and oxygen atoms in total. The van der Waals surface area contributed by atoms with Crippen molar-refractivity contribution in [2.45, 2.75) is 27.7 Å². The van der Waals surface area contributed by atoms with E-state index in [1.165, 1.54) is 5.56 Å². The number of para-hydroxylation sites is 1. The summed E-state index contributed by atoms with van der Waals surface area (Å²) in [7, 11) is 0. The highest BCUT2D eigenvalue weighted by Gasteiger charge is 2.04. The van der Waals surface area contributed by atoms with Gasteiger partial charge in [-0.2, -0.15) is 0 Å². The molecule has 0 aliphatic rings. The van der Waals surface area contributed by atoms with E-state index in [-0.39, 0.29) is 0 Å². The van der Waals surface area contributed by atoms with Crippen LogP contribution in [-0.4, -0.2) is 16.5 Å². The summed E-state index contributed by atoms with van der Waals surface area (Å²) in [6.07, 6.45) is 0. The maximum absolute atomic E-state index is 4.44. The third kappa shape index (κ3) is 3.95. The molecule has 0 unspecified atom stereocenters. The predicted molar refractivity (Wildman–Crippen MR) is 84.6 cm³/mol. The molecular weight excluding hydrogens is 248 g/mol. The molecule has 0 saturated carbocycles. The van der Waals surface area contributed by atoms with Crippen LogP contribution in [0.3, 0.4) is 0 Å². The van der Waals surface area contributed by atoms with E-state index in [0.717, 1.165) is 29.7 Å². The van der Waals surface area contributed by atoms with Gasteiger partial charge in [0.25, 0.3) is 0 Å². The largest absolute Gasteiger partial charge is 0.370 e. The molecule has 0 radical (unpaired) electrons. The van der Waals surface area contributed by atoms with Crippen molar-refractivity contribution < 1.29 is 0 Å². The van der Waals surface area contributed by atoms with Crippen molar-refractivity contribution in [2.75, 3.05) is 17.2 Å². The van der Waals surface area contributed by atoms with Gasteiger partial charge in [-0.1, -0.05) is 32.0 Å². The quantitative estimate of drug-likeness (QED) is 0.865. The van der Waals surface area contributed by atoms with Gasteiger partial charge < -0.3 is 10.6 Å². The summed E-state index contributed by atoms with van der Waals surface area (Å²) in [5.74, 6) is 3.02. The van der Waals surface area contributed by atoms with Crippen LogP contribution in [0.2, 0.25) is 0 Å². The number of rotatable bonds is 5. The van der Waals surface area contributed by atoms with Gasteiger partial charge in [-0.15, -0.1) is 0 Å². The van der Waals surface area contributed by atoms with Gasteiger partial charge in [-0.3, -0.25) is 0 Å². The Morgan fingerprint density at radius 3 is 2.45 bits per heavy atom. The molecule has 0 aliphatic carbocycles. The van der Waals surface area contributed by atoms with Gasteiger partial charge >= 0.3 is 0 Å². The number of aromatic nitrogens is 2. The molecule has 0 bridgehead atoms. The second kappa shape index (κ2) is 6.37. The maximum Gasteiger partial charge on any atom is 0.136 e. The minimum absolute atomic E-state index is 0.582. The number of aryl methyl sites for hydroxylation is 2. The molecule has 2 rings (SSSR count). The summed E-state index contributed by atoms with van der Waals surface area (Å²) >= 11 is 0. The summed E-state index contributed by atoms with van der Waals surface area (Å²) in [5.41, 5.74) is 2.26. The Labute approximate surface area is 120 Å². The van der Waals surface area contributed by atoms with Gasteiger partial charge in [0.15, 0.2) is 0 Å². The van der Waals surface area contributed by atoms with Crippen LogP contribution in [0.1, 0.15) is 25.2 Å². The minimum atomic E-state index is 0.582. The molecule has 4 heteroatoms. The van der Waals surface area contributed by atoms with E-state index in [9.17, 15) is 0 Å². The average Bonchev–Trinajstić information content (AvgIpc) is 2.38. The molecule has 20 heavy (non-hydrogen) atoms. The Kier molecular flexibility index (Phi) is 4.56. The Bertz CT molecular complexity index is 578. The molecule has 0 saturated heterocycles. The van der Waals surface area contributed by atoms with Crippen LogP contribution in [0.25, 0.3) is 0 Å². The van der Waals surface area contributed by atoms with Gasteiger partial charge in [0, 0.05) is 18.3 Å². The fourth-order valence-corrected chi connectivity index (χ4v) is 1.88. The number of benzene rings is 1. The van der Waals surface area contributed by atoms with Gasteiger partial charge in [0.1, 0.15) is 17.5 Å². The Balaban J connectivity index is 2.17. The smallest absolute Gasteiger partial charge is 0.136 e. The topological polar surface area (TPSA) is 49.8 Å². The Morgan fingerprint density at radius 2 is 1.75 bits per heavy atom. The molecular formula is C16H22N4. The highest BCUT2D eigenvalue weighted by Crippen LogP contribution is 2.20. The van der Waals surface area contributed by atoms with Crippen molar-refractivity contribution in [3.05, 3.63) is 41.7 Å². The van der Waals surface area contributed by atoms with Crippen molar-refractivity contribution in [2.24, 2.45) is 5.92 Å². The van der Waals surface area contributed by atoms with E-state index < -0.39 is 0 Å². The van der Waals surface area contributed by atoms with E-state index >= 15 is 0 Å². The summed E-state index contributed by atoms with van der Waals surface area (Å²) < 4.78 is 0. The zero-order chi connectivity index (χ0) is 14.5. The highest BCUT2D eigenvalue weighted by atomic mass is 15.1. The second-order valence-corrected chi connectivity index (χ2v) is 5.40. The number of hydrogen-bond donors (Lipinski definition) is 2. The number of hydrogen-bond acceptors (Lipinski definition) is 4. The third-order valence-electron chi connectivity index (χ3n) is 2.94. The molecule has 1 aromatic heterocycles. The summed E-state index contributed by atoms with van der Waals surface area (Å²) in [5, 5.41) is 6.68. The summed E-state index contributed by atoms with van der Waals surface area (Å²) in [6, 6.07) is 10.1.